The number of benzene rings is 1. The highest BCUT2D eigenvalue weighted by molar-refractivity contribution is 9.10. The van der Waals surface area contributed by atoms with Gasteiger partial charge in [-0.3, -0.25) is 0 Å². The number of halogens is 3. The first-order valence-corrected chi connectivity index (χ1v) is 5.17. The van der Waals surface area contributed by atoms with Crippen molar-refractivity contribution in [3.8, 4) is 0 Å². The molecule has 0 aliphatic carbocycles. The lowest BCUT2D eigenvalue weighted by Gasteiger charge is -1.98. The molecule has 0 radical (unpaired) electrons. The van der Waals surface area contributed by atoms with E-state index in [1.165, 1.54) is 0 Å². The lowest BCUT2D eigenvalue weighted by Crippen LogP contribution is -2.12. The van der Waals surface area contributed by atoms with Crippen molar-refractivity contribution in [2.45, 2.75) is 0 Å². The Labute approximate surface area is 94.9 Å². The van der Waals surface area contributed by atoms with Crippen LogP contribution in [-0.2, 0) is 0 Å². The number of amidine groups is 1. The smallest absolute Gasteiger partial charge is 0.115 e. The molecular weight excluding hydrogens is 275 g/mol. The molecule has 0 atom stereocenters. The van der Waals surface area contributed by atoms with Crippen molar-refractivity contribution >= 4 is 50.7 Å². The van der Waals surface area contributed by atoms with Gasteiger partial charge in [0.15, 0.2) is 0 Å². The van der Waals surface area contributed by atoms with Gasteiger partial charge in [0.2, 0.25) is 0 Å². The second-order valence-electron chi connectivity index (χ2n) is 2.36. The van der Waals surface area contributed by atoms with Crippen LogP contribution in [0, 0.1) is 0 Å². The van der Waals surface area contributed by atoms with Crippen LogP contribution >= 0.6 is 39.1 Å². The number of rotatable bonds is 2. The molecule has 0 amide bonds. The fraction of sp³-hybridized carbons (Fsp3) is 0.125. The van der Waals surface area contributed by atoms with Crippen LogP contribution in [0.15, 0.2) is 27.7 Å². The van der Waals surface area contributed by atoms with Crippen LogP contribution in [-0.4, -0.2) is 11.7 Å². The van der Waals surface area contributed by atoms with E-state index in [-0.39, 0.29) is 5.88 Å². The first-order valence-electron chi connectivity index (χ1n) is 3.47. The molecule has 0 saturated heterocycles. The molecule has 0 aliphatic heterocycles. The van der Waals surface area contributed by atoms with E-state index in [0.717, 1.165) is 4.47 Å². The largest absolute Gasteiger partial charge is 0.386 e. The van der Waals surface area contributed by atoms with E-state index >= 15 is 0 Å². The topological polar surface area (TPSA) is 38.4 Å². The Bertz CT molecular complexity index is 319. The molecule has 1 aromatic rings. The maximum absolute atomic E-state index is 5.80. The number of hydrogen-bond acceptors (Lipinski definition) is 1. The van der Waals surface area contributed by atoms with Gasteiger partial charge in [0.1, 0.15) is 5.84 Å². The molecule has 1 aromatic carbocycles. The molecule has 5 heteroatoms. The zero-order chi connectivity index (χ0) is 9.84. The first-order chi connectivity index (χ1) is 6.11. The number of alkyl halides is 1. The third-order valence-corrected chi connectivity index (χ3v) is 2.21. The SMILES string of the molecule is NC(CCl)=Nc1cc(Cl)cc(Br)c1. The summed E-state index contributed by atoms with van der Waals surface area (Å²) in [5.74, 6) is 0.584. The van der Waals surface area contributed by atoms with E-state index in [0.29, 0.717) is 16.5 Å². The molecule has 0 bridgehead atoms. The average Bonchev–Trinajstić information content (AvgIpc) is 2.02. The number of hydrogen-bond donors (Lipinski definition) is 1. The van der Waals surface area contributed by atoms with Crippen LogP contribution in [0.3, 0.4) is 0 Å². The van der Waals surface area contributed by atoms with E-state index < -0.39 is 0 Å². The Hall–Kier alpha value is -0.250. The molecule has 0 aromatic heterocycles. The summed E-state index contributed by atoms with van der Waals surface area (Å²) in [5, 5.41) is 0.607. The Morgan fingerprint density at radius 3 is 2.69 bits per heavy atom. The minimum Gasteiger partial charge on any atom is -0.386 e. The van der Waals surface area contributed by atoms with Crippen molar-refractivity contribution in [1.82, 2.24) is 0 Å². The highest BCUT2D eigenvalue weighted by Crippen LogP contribution is 2.24. The highest BCUT2D eigenvalue weighted by atomic mass is 79.9. The van der Waals surface area contributed by atoms with Crippen molar-refractivity contribution in [2.75, 3.05) is 5.88 Å². The van der Waals surface area contributed by atoms with Crippen LogP contribution in [0.5, 0.6) is 0 Å². The van der Waals surface area contributed by atoms with Crippen molar-refractivity contribution in [2.24, 2.45) is 10.7 Å². The second-order valence-corrected chi connectivity index (χ2v) is 3.98. The molecule has 1 rings (SSSR count). The molecular formula is C8H7BrCl2N2. The van der Waals surface area contributed by atoms with E-state index in [1.54, 1.807) is 12.1 Å². The molecule has 0 fully saturated rings. The van der Waals surface area contributed by atoms with Crippen LogP contribution in [0.25, 0.3) is 0 Å². The predicted molar refractivity (Wildman–Crippen MR) is 61.2 cm³/mol. The Balaban J connectivity index is 3.02. The molecule has 2 N–H and O–H groups in total. The zero-order valence-electron chi connectivity index (χ0n) is 6.60. The van der Waals surface area contributed by atoms with Gasteiger partial charge in [0.05, 0.1) is 11.6 Å². The monoisotopic (exact) mass is 280 g/mol. The fourth-order valence-corrected chi connectivity index (χ4v) is 1.70. The normalized spacial score (nSPS) is 11.8. The summed E-state index contributed by atoms with van der Waals surface area (Å²) < 4.78 is 0.862. The van der Waals surface area contributed by atoms with Crippen molar-refractivity contribution < 1.29 is 0 Å². The number of aliphatic imine (C=N–C) groups is 1. The van der Waals surface area contributed by atoms with Crippen LogP contribution in [0.2, 0.25) is 5.02 Å². The summed E-state index contributed by atoms with van der Waals surface area (Å²) >= 11 is 14.6. The van der Waals surface area contributed by atoms with Crippen molar-refractivity contribution in [3.63, 3.8) is 0 Å². The van der Waals surface area contributed by atoms with Gasteiger partial charge in [-0.1, -0.05) is 27.5 Å². The summed E-state index contributed by atoms with van der Waals surface area (Å²) in [5.41, 5.74) is 6.16. The summed E-state index contributed by atoms with van der Waals surface area (Å²) in [6.07, 6.45) is 0. The number of nitrogens with zero attached hydrogens (tertiary/aromatic N) is 1. The third kappa shape index (κ3) is 3.55. The minimum absolute atomic E-state index is 0.212. The van der Waals surface area contributed by atoms with E-state index in [9.17, 15) is 0 Å². The van der Waals surface area contributed by atoms with E-state index in [4.69, 9.17) is 28.9 Å². The van der Waals surface area contributed by atoms with E-state index in [2.05, 4.69) is 20.9 Å². The Morgan fingerprint density at radius 2 is 2.15 bits per heavy atom. The summed E-state index contributed by atoms with van der Waals surface area (Å²) in [4.78, 5) is 4.05. The fourth-order valence-electron chi connectivity index (χ4n) is 0.800. The molecule has 2 nitrogen and oxygen atoms in total. The van der Waals surface area contributed by atoms with Crippen LogP contribution < -0.4 is 5.73 Å². The van der Waals surface area contributed by atoms with Gasteiger partial charge in [0.25, 0.3) is 0 Å². The molecule has 13 heavy (non-hydrogen) atoms. The Morgan fingerprint density at radius 1 is 1.46 bits per heavy atom. The van der Waals surface area contributed by atoms with E-state index in [1.807, 2.05) is 6.07 Å². The molecule has 0 heterocycles. The van der Waals surface area contributed by atoms with Gasteiger partial charge in [0, 0.05) is 9.50 Å². The molecule has 70 valence electrons. The van der Waals surface area contributed by atoms with Crippen molar-refractivity contribution in [1.29, 1.82) is 0 Å². The molecule has 0 unspecified atom stereocenters. The Kier molecular flexibility index (Phi) is 4.03. The third-order valence-electron chi connectivity index (χ3n) is 1.26. The van der Waals surface area contributed by atoms with Gasteiger partial charge in [-0.15, -0.1) is 11.6 Å². The van der Waals surface area contributed by atoms with Gasteiger partial charge in [-0.05, 0) is 18.2 Å². The van der Waals surface area contributed by atoms with Gasteiger partial charge < -0.3 is 5.73 Å². The first kappa shape index (κ1) is 10.8. The molecule has 0 aliphatic rings. The lowest BCUT2D eigenvalue weighted by molar-refractivity contribution is 1.44. The number of nitrogens with two attached hydrogens (primary N) is 1. The molecule has 0 spiro atoms. The second kappa shape index (κ2) is 4.84. The standard InChI is InChI=1S/C8H7BrCl2N2/c9-5-1-6(11)3-7(2-5)13-8(12)4-10/h1-3H,4H2,(H2,12,13). The molecule has 0 saturated carbocycles. The van der Waals surface area contributed by atoms with Gasteiger partial charge >= 0.3 is 0 Å². The van der Waals surface area contributed by atoms with Gasteiger partial charge in [-0.2, -0.15) is 0 Å². The lowest BCUT2D eigenvalue weighted by atomic mass is 10.3. The summed E-state index contributed by atoms with van der Waals surface area (Å²) in [6.45, 7) is 0. The summed E-state index contributed by atoms with van der Waals surface area (Å²) in [6, 6.07) is 5.30. The van der Waals surface area contributed by atoms with Crippen LogP contribution in [0.4, 0.5) is 5.69 Å². The van der Waals surface area contributed by atoms with Gasteiger partial charge in [-0.25, -0.2) is 4.99 Å². The minimum atomic E-state index is 0.212. The average molecular weight is 282 g/mol. The zero-order valence-corrected chi connectivity index (χ0v) is 9.70. The predicted octanol–water partition coefficient (Wildman–Crippen LogP) is 3.33. The summed E-state index contributed by atoms with van der Waals surface area (Å²) in [7, 11) is 0. The van der Waals surface area contributed by atoms with Crippen LogP contribution in [0.1, 0.15) is 0 Å². The van der Waals surface area contributed by atoms with Crippen molar-refractivity contribution in [3.05, 3.63) is 27.7 Å². The quantitative estimate of drug-likeness (QED) is 0.504. The highest BCUT2D eigenvalue weighted by Gasteiger charge is 1.97. The maximum Gasteiger partial charge on any atom is 0.115 e. The maximum atomic E-state index is 5.80.